The van der Waals surface area contributed by atoms with Crippen molar-refractivity contribution < 1.29 is 31.7 Å². The number of benzene rings is 1. The standard InChI is InChI=1S/C28H31ClF3N5O4Si/c1-16(41-42(6,7)27(2,3)4)14-37-25(28(30,31)32)19(13-35-37)24-21(20-11-12-33-15-34-20)23(36-40-24)17-9-8-10-18(22(17)29)26(38)39-5/h8-13,15-16H,14H2,1-7H3/t16-/m1/s1. The molecule has 9 nitrogen and oxygen atoms in total. The number of carbonyl (C=O) groups is 1. The maximum Gasteiger partial charge on any atom is 0.433 e. The van der Waals surface area contributed by atoms with Gasteiger partial charge in [-0.3, -0.25) is 4.68 Å². The number of nitrogens with zero attached hydrogens (tertiary/aromatic N) is 5. The number of esters is 1. The zero-order valence-corrected chi connectivity index (χ0v) is 26.0. The minimum atomic E-state index is -4.80. The van der Waals surface area contributed by atoms with E-state index in [0.29, 0.717) is 0 Å². The lowest BCUT2D eigenvalue weighted by molar-refractivity contribution is -0.144. The Morgan fingerprint density at radius 2 is 1.88 bits per heavy atom. The van der Waals surface area contributed by atoms with Crippen molar-refractivity contribution in [1.29, 1.82) is 0 Å². The van der Waals surface area contributed by atoms with Crippen LogP contribution >= 0.6 is 11.6 Å². The summed E-state index contributed by atoms with van der Waals surface area (Å²) in [5.41, 5.74) is -0.650. The predicted molar refractivity (Wildman–Crippen MR) is 153 cm³/mol. The van der Waals surface area contributed by atoms with Gasteiger partial charge in [-0.05, 0) is 37.2 Å². The Kier molecular flexibility index (Phi) is 8.68. The molecule has 0 saturated heterocycles. The van der Waals surface area contributed by atoms with E-state index in [-0.39, 0.29) is 56.0 Å². The van der Waals surface area contributed by atoms with E-state index in [1.807, 2.05) is 13.1 Å². The van der Waals surface area contributed by atoms with Crippen molar-refractivity contribution in [2.24, 2.45) is 0 Å². The van der Waals surface area contributed by atoms with Crippen molar-refractivity contribution in [2.45, 2.75) is 64.7 Å². The normalized spacial score (nSPS) is 13.3. The lowest BCUT2D eigenvalue weighted by atomic mass is 9.98. The molecule has 3 aromatic heterocycles. The van der Waals surface area contributed by atoms with Gasteiger partial charge in [0.2, 0.25) is 0 Å². The highest BCUT2D eigenvalue weighted by molar-refractivity contribution is 6.74. The third-order valence-corrected chi connectivity index (χ3v) is 12.3. The van der Waals surface area contributed by atoms with Crippen molar-refractivity contribution in [3.05, 3.63) is 59.3 Å². The summed E-state index contributed by atoms with van der Waals surface area (Å²) < 4.78 is 61.6. The molecule has 0 aliphatic heterocycles. The minimum Gasteiger partial charge on any atom is -0.465 e. The average molecular weight is 622 g/mol. The number of hydrogen-bond acceptors (Lipinski definition) is 8. The van der Waals surface area contributed by atoms with Crippen LogP contribution in [0.25, 0.3) is 33.8 Å². The number of aromatic nitrogens is 5. The molecule has 14 heteroatoms. The second kappa shape index (κ2) is 11.6. The van der Waals surface area contributed by atoms with E-state index >= 15 is 0 Å². The fourth-order valence-corrected chi connectivity index (χ4v) is 5.99. The van der Waals surface area contributed by atoms with E-state index in [1.165, 1.54) is 31.8 Å². The molecular formula is C28H31ClF3N5O4Si. The highest BCUT2D eigenvalue weighted by Gasteiger charge is 2.42. The number of methoxy groups -OCH3 is 1. The molecule has 0 aliphatic carbocycles. The van der Waals surface area contributed by atoms with Crippen LogP contribution in [0, 0.1) is 0 Å². The molecule has 0 aliphatic rings. The maximum atomic E-state index is 14.7. The van der Waals surface area contributed by atoms with Crippen molar-refractivity contribution in [3.63, 3.8) is 0 Å². The van der Waals surface area contributed by atoms with Gasteiger partial charge in [0.25, 0.3) is 0 Å². The second-order valence-corrected chi connectivity index (χ2v) is 16.4. The lowest BCUT2D eigenvalue weighted by Crippen LogP contribution is -2.44. The summed E-state index contributed by atoms with van der Waals surface area (Å²) >= 11 is 6.56. The number of ether oxygens (including phenoxy) is 1. The first-order chi connectivity index (χ1) is 19.6. The Hall–Kier alpha value is -3.55. The highest BCUT2D eigenvalue weighted by atomic mass is 35.5. The van der Waals surface area contributed by atoms with Crippen molar-refractivity contribution >= 4 is 25.9 Å². The van der Waals surface area contributed by atoms with Crippen LogP contribution in [0.5, 0.6) is 0 Å². The number of hydrogen-bond donors (Lipinski definition) is 0. The zero-order valence-electron chi connectivity index (χ0n) is 24.2. The Morgan fingerprint density at radius 1 is 1.17 bits per heavy atom. The quantitative estimate of drug-likeness (QED) is 0.147. The molecular weight excluding hydrogens is 591 g/mol. The topological polar surface area (TPSA) is 105 Å². The van der Waals surface area contributed by atoms with Gasteiger partial charge in [-0.25, -0.2) is 14.8 Å². The van der Waals surface area contributed by atoms with Gasteiger partial charge in [0.15, 0.2) is 19.8 Å². The largest absolute Gasteiger partial charge is 0.465 e. The fraction of sp³-hybridized carbons (Fsp3) is 0.393. The van der Waals surface area contributed by atoms with E-state index in [1.54, 1.807) is 19.1 Å². The molecule has 0 bridgehead atoms. The van der Waals surface area contributed by atoms with Crippen LogP contribution in [0.4, 0.5) is 13.2 Å². The SMILES string of the molecule is COC(=O)c1cccc(-c2noc(-c3cnn(C[C@@H](C)O[Si](C)(C)C(C)(C)C)c3C(F)(F)F)c2-c2ccncn2)c1Cl. The summed E-state index contributed by atoms with van der Waals surface area (Å²) in [6.07, 6.45) is -1.59. The summed E-state index contributed by atoms with van der Waals surface area (Å²) in [5, 5.41) is 8.06. The zero-order chi connectivity index (χ0) is 31.0. The first-order valence-corrected chi connectivity index (χ1v) is 16.3. The molecule has 4 rings (SSSR count). The van der Waals surface area contributed by atoms with Crippen LogP contribution in [0.2, 0.25) is 23.2 Å². The van der Waals surface area contributed by atoms with Gasteiger partial charge in [0, 0.05) is 11.8 Å². The van der Waals surface area contributed by atoms with Gasteiger partial charge >= 0.3 is 12.1 Å². The van der Waals surface area contributed by atoms with Crippen LogP contribution in [-0.2, 0) is 21.9 Å². The minimum absolute atomic E-state index is 0.0113. The van der Waals surface area contributed by atoms with Gasteiger partial charge in [-0.1, -0.05) is 49.7 Å². The first-order valence-electron chi connectivity index (χ1n) is 13.0. The van der Waals surface area contributed by atoms with Gasteiger partial charge in [-0.2, -0.15) is 18.3 Å². The molecule has 0 amide bonds. The van der Waals surface area contributed by atoms with Gasteiger partial charge in [0.05, 0.1) is 53.4 Å². The van der Waals surface area contributed by atoms with Crippen molar-refractivity contribution in [2.75, 3.05) is 7.11 Å². The van der Waals surface area contributed by atoms with Crippen LogP contribution in [0.15, 0.2) is 47.5 Å². The second-order valence-electron chi connectivity index (χ2n) is 11.3. The summed E-state index contributed by atoms with van der Waals surface area (Å²) in [6.45, 7) is 11.8. The number of rotatable bonds is 8. The summed E-state index contributed by atoms with van der Waals surface area (Å²) in [5.74, 6) is -0.913. The first kappa shape index (κ1) is 31.4. The Labute approximate surface area is 247 Å². The Bertz CT molecular complexity index is 1580. The van der Waals surface area contributed by atoms with E-state index < -0.39 is 32.3 Å². The highest BCUT2D eigenvalue weighted by Crippen LogP contribution is 2.46. The number of alkyl halides is 3. The average Bonchev–Trinajstić information content (AvgIpc) is 3.52. The number of halogens is 4. The lowest BCUT2D eigenvalue weighted by Gasteiger charge is -2.38. The summed E-state index contributed by atoms with van der Waals surface area (Å²) in [4.78, 5) is 20.4. The van der Waals surface area contributed by atoms with E-state index in [0.717, 1.165) is 10.9 Å². The Balaban J connectivity index is 1.88. The van der Waals surface area contributed by atoms with Crippen LogP contribution in [0.1, 0.15) is 43.7 Å². The molecule has 42 heavy (non-hydrogen) atoms. The molecule has 0 unspecified atom stereocenters. The van der Waals surface area contributed by atoms with Crippen LogP contribution in [-0.4, -0.2) is 52.4 Å². The molecule has 4 aromatic rings. The van der Waals surface area contributed by atoms with Crippen LogP contribution < -0.4 is 0 Å². The molecule has 3 heterocycles. The maximum absolute atomic E-state index is 14.7. The molecule has 224 valence electrons. The third-order valence-electron chi connectivity index (χ3n) is 7.27. The van der Waals surface area contributed by atoms with Gasteiger partial charge in [0.1, 0.15) is 12.0 Å². The Morgan fingerprint density at radius 3 is 2.48 bits per heavy atom. The molecule has 1 atom stereocenters. The molecule has 1 aromatic carbocycles. The fourth-order valence-electron chi connectivity index (χ4n) is 4.27. The predicted octanol–water partition coefficient (Wildman–Crippen LogP) is 7.53. The van der Waals surface area contributed by atoms with Crippen molar-refractivity contribution in [1.82, 2.24) is 24.9 Å². The van der Waals surface area contributed by atoms with Gasteiger partial charge in [-0.15, -0.1) is 0 Å². The molecule has 0 N–H and O–H groups in total. The summed E-state index contributed by atoms with van der Waals surface area (Å²) in [6, 6.07) is 6.08. The third kappa shape index (κ3) is 6.13. The van der Waals surface area contributed by atoms with E-state index in [4.69, 9.17) is 25.3 Å². The summed E-state index contributed by atoms with van der Waals surface area (Å²) in [7, 11) is -1.05. The smallest absolute Gasteiger partial charge is 0.433 e. The number of carbonyl (C=O) groups excluding carboxylic acids is 1. The molecule has 0 saturated carbocycles. The van der Waals surface area contributed by atoms with Gasteiger partial charge < -0.3 is 13.7 Å². The van der Waals surface area contributed by atoms with E-state index in [9.17, 15) is 18.0 Å². The van der Waals surface area contributed by atoms with E-state index in [2.05, 4.69) is 41.0 Å². The van der Waals surface area contributed by atoms with Crippen molar-refractivity contribution in [3.8, 4) is 33.8 Å². The molecule has 0 radical (unpaired) electrons. The van der Waals surface area contributed by atoms with Crippen LogP contribution in [0.3, 0.4) is 0 Å². The molecule has 0 spiro atoms. The molecule has 0 fully saturated rings. The monoisotopic (exact) mass is 621 g/mol.